The fraction of sp³-hybridized carbons (Fsp3) is 0.350. The Morgan fingerprint density at radius 1 is 0.844 bits per heavy atom. The van der Waals surface area contributed by atoms with Gasteiger partial charge in [0.2, 0.25) is 0 Å². The molecule has 0 atom stereocenters. The molecule has 2 aromatic carbocycles. The van der Waals surface area contributed by atoms with Gasteiger partial charge >= 0.3 is 19.3 Å². The summed E-state index contributed by atoms with van der Waals surface area (Å²) in [5.74, 6) is -3.16. The zero-order chi connectivity index (χ0) is 24.1. The Labute approximate surface area is 180 Å². The number of hydrogen-bond donors (Lipinski definition) is 2. The van der Waals surface area contributed by atoms with E-state index in [4.69, 9.17) is 9.31 Å². The third-order valence-corrected chi connectivity index (χ3v) is 5.38. The summed E-state index contributed by atoms with van der Waals surface area (Å²) in [6.45, 7) is 6.92. The average molecular weight is 460 g/mol. The van der Waals surface area contributed by atoms with E-state index in [1.807, 2.05) is 10.6 Å². The zero-order valence-corrected chi connectivity index (χ0v) is 17.5. The van der Waals surface area contributed by atoms with Crippen LogP contribution in [0.1, 0.15) is 33.3 Å². The van der Waals surface area contributed by atoms with Crippen molar-refractivity contribution in [3.8, 4) is 0 Å². The van der Waals surface area contributed by atoms with Gasteiger partial charge in [-0.15, -0.1) is 0 Å². The van der Waals surface area contributed by atoms with Crippen molar-refractivity contribution in [1.82, 2.24) is 0 Å². The second-order valence-corrected chi connectivity index (χ2v) is 8.21. The van der Waals surface area contributed by atoms with E-state index in [9.17, 15) is 31.1 Å². The van der Waals surface area contributed by atoms with Crippen molar-refractivity contribution in [2.75, 3.05) is 10.6 Å². The molecule has 1 aliphatic heterocycles. The lowest BCUT2D eigenvalue weighted by Gasteiger charge is -2.32. The van der Waals surface area contributed by atoms with Crippen molar-refractivity contribution in [3.05, 3.63) is 53.3 Å². The number of rotatable bonds is 3. The first kappa shape index (κ1) is 23.9. The first-order valence-corrected chi connectivity index (χ1v) is 9.40. The summed E-state index contributed by atoms with van der Waals surface area (Å²) in [4.78, 5) is 12.1. The first-order valence-electron chi connectivity index (χ1n) is 9.40. The van der Waals surface area contributed by atoms with Crippen LogP contribution in [0.4, 0.5) is 42.5 Å². The van der Waals surface area contributed by atoms with Gasteiger partial charge in [0.1, 0.15) is 17.5 Å². The molecule has 0 saturated carbocycles. The second-order valence-electron chi connectivity index (χ2n) is 8.21. The summed E-state index contributed by atoms with van der Waals surface area (Å²) < 4.78 is 92.6. The Bertz CT molecular complexity index is 1040. The van der Waals surface area contributed by atoms with Crippen LogP contribution in [0.2, 0.25) is 0 Å². The normalized spacial score (nSPS) is 17.4. The molecule has 2 amide bonds. The monoisotopic (exact) mass is 460 g/mol. The molecule has 12 heteroatoms. The van der Waals surface area contributed by atoms with Crippen molar-refractivity contribution >= 4 is 30.0 Å². The molecule has 0 aromatic heterocycles. The Kier molecular flexibility index (Phi) is 5.98. The molecular weight excluding hydrogens is 441 g/mol. The SMILES string of the molecule is CC1(C)OB(c2cc(F)c(NC(=O)Nc3cc(C(F)(F)F)ccc3F)cc2F)OC1(C)C. The molecule has 3 rings (SSSR count). The number of amides is 2. The van der Waals surface area contributed by atoms with Crippen LogP contribution in [0.15, 0.2) is 30.3 Å². The molecule has 172 valence electrons. The maximum atomic E-state index is 14.6. The predicted molar refractivity (Wildman–Crippen MR) is 106 cm³/mol. The number of benzene rings is 2. The molecule has 1 aliphatic rings. The first-order chi connectivity index (χ1) is 14.6. The summed E-state index contributed by atoms with van der Waals surface area (Å²) in [5.41, 5.74) is -4.44. The van der Waals surface area contributed by atoms with Gasteiger partial charge in [0.15, 0.2) is 0 Å². The molecule has 0 radical (unpaired) electrons. The number of hydrogen-bond acceptors (Lipinski definition) is 3. The minimum atomic E-state index is -4.76. The van der Waals surface area contributed by atoms with E-state index in [2.05, 4.69) is 0 Å². The highest BCUT2D eigenvalue weighted by atomic mass is 19.4. The van der Waals surface area contributed by atoms with Crippen LogP contribution in [0.3, 0.4) is 0 Å². The molecule has 0 bridgehead atoms. The molecule has 1 heterocycles. The molecule has 1 saturated heterocycles. The molecule has 0 spiro atoms. The minimum absolute atomic E-state index is 0.240. The van der Waals surface area contributed by atoms with Crippen LogP contribution in [-0.4, -0.2) is 24.4 Å². The van der Waals surface area contributed by atoms with Crippen LogP contribution in [-0.2, 0) is 15.5 Å². The summed E-state index contributed by atoms with van der Waals surface area (Å²) in [5, 5.41) is 3.79. The number of carbonyl (C=O) groups excluding carboxylic acids is 1. The number of nitrogens with one attached hydrogen (secondary N) is 2. The molecule has 1 fully saturated rings. The Morgan fingerprint density at radius 3 is 1.91 bits per heavy atom. The highest BCUT2D eigenvalue weighted by molar-refractivity contribution is 6.62. The molecule has 32 heavy (non-hydrogen) atoms. The summed E-state index contributed by atoms with van der Waals surface area (Å²) in [6.07, 6.45) is -4.76. The van der Waals surface area contributed by atoms with E-state index in [1.54, 1.807) is 27.7 Å². The zero-order valence-electron chi connectivity index (χ0n) is 17.5. The highest BCUT2D eigenvalue weighted by Gasteiger charge is 2.52. The van der Waals surface area contributed by atoms with Gasteiger partial charge in [-0.05, 0) is 52.0 Å². The smallest absolute Gasteiger partial charge is 0.399 e. The van der Waals surface area contributed by atoms with Crippen molar-refractivity contribution in [2.45, 2.75) is 45.1 Å². The van der Waals surface area contributed by atoms with Gasteiger partial charge in [-0.1, -0.05) is 0 Å². The summed E-state index contributed by atoms with van der Waals surface area (Å²) in [6, 6.07) is 1.58. The van der Waals surface area contributed by atoms with E-state index >= 15 is 0 Å². The summed E-state index contributed by atoms with van der Waals surface area (Å²) >= 11 is 0. The van der Waals surface area contributed by atoms with Crippen LogP contribution in [0, 0.1) is 17.5 Å². The standard InChI is InChI=1S/C20H19BF6N2O3/c1-18(2)19(3,4)32-21(31-18)11-8-14(24)16(9-13(11)23)29-17(30)28-15-7-10(20(25,26)27)5-6-12(15)22/h5-9H,1-4H3,(H2,28,29,30). The van der Waals surface area contributed by atoms with Gasteiger partial charge in [-0.25, -0.2) is 18.0 Å². The van der Waals surface area contributed by atoms with Gasteiger partial charge in [-0.3, -0.25) is 0 Å². The molecule has 0 aliphatic carbocycles. The van der Waals surface area contributed by atoms with Gasteiger partial charge < -0.3 is 19.9 Å². The van der Waals surface area contributed by atoms with E-state index < -0.39 is 64.9 Å². The summed E-state index contributed by atoms with van der Waals surface area (Å²) in [7, 11) is -1.20. The van der Waals surface area contributed by atoms with E-state index in [0.717, 1.165) is 6.07 Å². The number of alkyl halides is 3. The van der Waals surface area contributed by atoms with Crippen LogP contribution >= 0.6 is 0 Å². The maximum absolute atomic E-state index is 14.6. The lowest BCUT2D eigenvalue weighted by molar-refractivity contribution is -0.137. The number of carbonyl (C=O) groups is 1. The topological polar surface area (TPSA) is 59.6 Å². The van der Waals surface area contributed by atoms with Gasteiger partial charge in [0, 0.05) is 11.5 Å². The third-order valence-electron chi connectivity index (χ3n) is 5.38. The Balaban J connectivity index is 1.78. The minimum Gasteiger partial charge on any atom is -0.399 e. The number of urea groups is 1. The van der Waals surface area contributed by atoms with E-state index in [1.165, 1.54) is 0 Å². The van der Waals surface area contributed by atoms with Gasteiger partial charge in [0.05, 0.1) is 28.1 Å². The molecule has 5 nitrogen and oxygen atoms in total. The molecule has 0 unspecified atom stereocenters. The van der Waals surface area contributed by atoms with Crippen molar-refractivity contribution in [1.29, 1.82) is 0 Å². The second kappa shape index (κ2) is 8.00. The van der Waals surface area contributed by atoms with Crippen molar-refractivity contribution in [2.24, 2.45) is 0 Å². The largest absolute Gasteiger partial charge is 0.497 e. The Morgan fingerprint density at radius 2 is 1.38 bits per heavy atom. The fourth-order valence-corrected chi connectivity index (χ4v) is 2.88. The Hall–Kier alpha value is -2.73. The number of halogens is 6. The fourth-order valence-electron chi connectivity index (χ4n) is 2.88. The van der Waals surface area contributed by atoms with Gasteiger partial charge in [-0.2, -0.15) is 13.2 Å². The molecule has 2 N–H and O–H groups in total. The van der Waals surface area contributed by atoms with Crippen LogP contribution in [0.5, 0.6) is 0 Å². The van der Waals surface area contributed by atoms with Crippen LogP contribution < -0.4 is 16.1 Å². The highest BCUT2D eigenvalue weighted by Crippen LogP contribution is 2.37. The number of anilines is 2. The predicted octanol–water partition coefficient (Wildman–Crippen LogP) is 5.07. The average Bonchev–Trinajstić information content (AvgIpc) is 2.86. The van der Waals surface area contributed by atoms with E-state index in [-0.39, 0.29) is 5.46 Å². The quantitative estimate of drug-likeness (QED) is 0.497. The lowest BCUT2D eigenvalue weighted by Crippen LogP contribution is -2.41. The molecule has 2 aromatic rings. The van der Waals surface area contributed by atoms with E-state index in [0.29, 0.717) is 24.3 Å². The van der Waals surface area contributed by atoms with Crippen molar-refractivity contribution < 1.29 is 40.4 Å². The van der Waals surface area contributed by atoms with Crippen LogP contribution in [0.25, 0.3) is 0 Å². The van der Waals surface area contributed by atoms with Gasteiger partial charge in [0.25, 0.3) is 0 Å². The van der Waals surface area contributed by atoms with Crippen molar-refractivity contribution in [3.63, 3.8) is 0 Å². The third kappa shape index (κ3) is 4.70. The molecular formula is C20H19BF6N2O3. The lowest BCUT2D eigenvalue weighted by atomic mass is 9.78. The maximum Gasteiger partial charge on any atom is 0.497 e.